The summed E-state index contributed by atoms with van der Waals surface area (Å²) in [6.45, 7) is 2.52. The fourth-order valence-corrected chi connectivity index (χ4v) is 3.83. The number of carbonyl (C=O) groups is 1. The highest BCUT2D eigenvalue weighted by Crippen LogP contribution is 2.40. The average Bonchev–Trinajstić information content (AvgIpc) is 2.82. The summed E-state index contributed by atoms with van der Waals surface area (Å²) in [7, 11) is 1.31. The molecule has 4 nitrogen and oxygen atoms in total. The minimum atomic E-state index is -0.554. The van der Waals surface area contributed by atoms with Crippen LogP contribution in [-0.4, -0.2) is 18.2 Å². The number of hydrogen-bond acceptors (Lipinski definition) is 4. The molecular formula is C27H24O4. The van der Waals surface area contributed by atoms with E-state index in [4.69, 9.17) is 9.47 Å². The topological polar surface area (TPSA) is 55.8 Å². The van der Waals surface area contributed by atoms with E-state index in [1.54, 1.807) is 6.07 Å². The lowest BCUT2D eigenvalue weighted by Crippen LogP contribution is -2.06. The summed E-state index contributed by atoms with van der Waals surface area (Å²) >= 11 is 0. The van der Waals surface area contributed by atoms with Gasteiger partial charge < -0.3 is 14.6 Å². The lowest BCUT2D eigenvalue weighted by molar-refractivity contribution is 0.0597. The zero-order valence-corrected chi connectivity index (χ0v) is 17.5. The van der Waals surface area contributed by atoms with E-state index in [0.29, 0.717) is 12.2 Å². The van der Waals surface area contributed by atoms with Gasteiger partial charge in [0.1, 0.15) is 23.7 Å². The van der Waals surface area contributed by atoms with Crippen molar-refractivity contribution in [2.45, 2.75) is 19.4 Å². The second-order valence-electron chi connectivity index (χ2n) is 7.46. The third-order valence-electron chi connectivity index (χ3n) is 5.53. The van der Waals surface area contributed by atoms with Gasteiger partial charge in [-0.05, 0) is 40.1 Å². The molecule has 0 aromatic heterocycles. The van der Waals surface area contributed by atoms with Crippen LogP contribution in [0.5, 0.6) is 11.5 Å². The second kappa shape index (κ2) is 8.92. The Morgan fingerprint density at radius 1 is 0.935 bits per heavy atom. The highest BCUT2D eigenvalue weighted by atomic mass is 16.5. The van der Waals surface area contributed by atoms with Gasteiger partial charge in [-0.2, -0.15) is 0 Å². The van der Waals surface area contributed by atoms with E-state index < -0.39 is 5.97 Å². The maximum absolute atomic E-state index is 12.2. The highest BCUT2D eigenvalue weighted by molar-refractivity contribution is 6.00. The maximum Gasteiger partial charge on any atom is 0.341 e. The summed E-state index contributed by atoms with van der Waals surface area (Å²) in [4.78, 5) is 12.2. The van der Waals surface area contributed by atoms with Crippen molar-refractivity contribution in [3.63, 3.8) is 0 Å². The molecule has 1 unspecified atom stereocenters. The van der Waals surface area contributed by atoms with Crippen molar-refractivity contribution in [1.82, 2.24) is 0 Å². The van der Waals surface area contributed by atoms with Crippen LogP contribution in [0.15, 0.2) is 84.9 Å². The van der Waals surface area contributed by atoms with Crippen LogP contribution in [0.4, 0.5) is 0 Å². The largest absolute Gasteiger partial charge is 0.507 e. The first-order valence-electron chi connectivity index (χ1n) is 10.2. The molecule has 0 saturated carbocycles. The molecule has 0 bridgehead atoms. The van der Waals surface area contributed by atoms with Crippen LogP contribution in [-0.2, 0) is 11.3 Å². The Morgan fingerprint density at radius 3 is 2.32 bits per heavy atom. The fraction of sp³-hybridized carbons (Fsp3) is 0.148. The van der Waals surface area contributed by atoms with Crippen molar-refractivity contribution in [3.05, 3.63) is 107 Å². The molecule has 0 heterocycles. The molecule has 0 radical (unpaired) electrons. The van der Waals surface area contributed by atoms with Crippen LogP contribution in [0.1, 0.15) is 39.9 Å². The zero-order chi connectivity index (χ0) is 21.8. The van der Waals surface area contributed by atoms with Gasteiger partial charge in [-0.3, -0.25) is 0 Å². The number of carbonyl (C=O) groups excluding carboxylic acids is 1. The van der Waals surface area contributed by atoms with Gasteiger partial charge in [-0.15, -0.1) is 0 Å². The van der Waals surface area contributed by atoms with Crippen molar-refractivity contribution >= 4 is 16.7 Å². The monoisotopic (exact) mass is 412 g/mol. The standard InChI is InChI=1S/C27H24O4/c1-18(20-12-14-22(15-13-20)31-17-19-8-4-3-5-9-19)25-23-11-7-6-10-21(23)16-24(26(25)28)27(29)30-2/h3-16,18,28H,17H2,1-2H3. The van der Waals surface area contributed by atoms with Crippen LogP contribution in [0.2, 0.25) is 0 Å². The first kappa shape index (κ1) is 20.5. The Balaban J connectivity index is 1.65. The van der Waals surface area contributed by atoms with Gasteiger partial charge in [0.25, 0.3) is 0 Å². The number of ether oxygens (including phenoxy) is 2. The molecule has 4 heteroatoms. The summed E-state index contributed by atoms with van der Waals surface area (Å²) in [5.74, 6) is 0.0405. The molecule has 4 aromatic carbocycles. The van der Waals surface area contributed by atoms with E-state index in [9.17, 15) is 9.90 Å². The molecule has 0 fully saturated rings. The first-order chi connectivity index (χ1) is 15.1. The fourth-order valence-electron chi connectivity index (χ4n) is 3.83. The Bertz CT molecular complexity index is 1200. The van der Waals surface area contributed by atoms with Crippen molar-refractivity contribution in [1.29, 1.82) is 0 Å². The molecule has 4 rings (SSSR count). The van der Waals surface area contributed by atoms with Crippen molar-refractivity contribution < 1.29 is 19.4 Å². The van der Waals surface area contributed by atoms with Crippen LogP contribution < -0.4 is 4.74 Å². The number of benzene rings is 4. The normalized spacial score (nSPS) is 11.8. The smallest absolute Gasteiger partial charge is 0.341 e. The Hall–Kier alpha value is -3.79. The Kier molecular flexibility index (Phi) is 5.89. The van der Waals surface area contributed by atoms with Crippen LogP contribution >= 0.6 is 0 Å². The zero-order valence-electron chi connectivity index (χ0n) is 17.5. The molecular weight excluding hydrogens is 388 g/mol. The summed E-state index contributed by atoms with van der Waals surface area (Å²) in [6, 6.07) is 27.2. The van der Waals surface area contributed by atoms with Crippen molar-refractivity contribution in [3.8, 4) is 11.5 Å². The van der Waals surface area contributed by atoms with Crippen LogP contribution in [0, 0.1) is 0 Å². The summed E-state index contributed by atoms with van der Waals surface area (Å²) in [6.07, 6.45) is 0. The van der Waals surface area contributed by atoms with Gasteiger partial charge in [0.15, 0.2) is 0 Å². The van der Waals surface area contributed by atoms with Gasteiger partial charge in [0.2, 0.25) is 0 Å². The molecule has 31 heavy (non-hydrogen) atoms. The van der Waals surface area contributed by atoms with E-state index in [1.807, 2.05) is 85.8 Å². The Morgan fingerprint density at radius 2 is 1.61 bits per heavy atom. The van der Waals surface area contributed by atoms with Gasteiger partial charge in [0, 0.05) is 11.5 Å². The number of esters is 1. The SMILES string of the molecule is COC(=O)c1cc2ccccc2c(C(C)c2ccc(OCc3ccccc3)cc2)c1O. The van der Waals surface area contributed by atoms with Gasteiger partial charge in [-0.1, -0.05) is 73.7 Å². The number of aromatic hydroxyl groups is 1. The maximum atomic E-state index is 12.2. The van der Waals surface area contributed by atoms with Crippen molar-refractivity contribution in [2.75, 3.05) is 7.11 Å². The predicted molar refractivity (Wildman–Crippen MR) is 122 cm³/mol. The Labute approximate surface area is 181 Å². The number of phenolic OH excluding ortho intramolecular Hbond substituents is 1. The average molecular weight is 412 g/mol. The van der Waals surface area contributed by atoms with Gasteiger partial charge in [-0.25, -0.2) is 4.79 Å². The number of rotatable bonds is 6. The lowest BCUT2D eigenvalue weighted by Gasteiger charge is -2.19. The molecule has 4 aromatic rings. The number of hydrogen-bond donors (Lipinski definition) is 1. The lowest BCUT2D eigenvalue weighted by atomic mass is 9.87. The number of phenols is 1. The van der Waals surface area contributed by atoms with E-state index in [-0.39, 0.29) is 17.2 Å². The third-order valence-corrected chi connectivity index (χ3v) is 5.53. The molecule has 0 aliphatic rings. The third kappa shape index (κ3) is 4.24. The first-order valence-corrected chi connectivity index (χ1v) is 10.2. The van der Waals surface area contributed by atoms with E-state index >= 15 is 0 Å². The summed E-state index contributed by atoms with van der Waals surface area (Å²) in [5.41, 5.74) is 2.99. The molecule has 0 aliphatic carbocycles. The quantitative estimate of drug-likeness (QED) is 0.391. The van der Waals surface area contributed by atoms with Gasteiger partial charge in [0.05, 0.1) is 7.11 Å². The highest BCUT2D eigenvalue weighted by Gasteiger charge is 2.23. The van der Waals surface area contributed by atoms with Gasteiger partial charge >= 0.3 is 5.97 Å². The van der Waals surface area contributed by atoms with E-state index in [1.165, 1.54) is 7.11 Å². The molecule has 0 saturated heterocycles. The second-order valence-corrected chi connectivity index (χ2v) is 7.46. The van der Waals surface area contributed by atoms with E-state index in [2.05, 4.69) is 0 Å². The minimum Gasteiger partial charge on any atom is -0.507 e. The van der Waals surface area contributed by atoms with E-state index in [0.717, 1.165) is 27.6 Å². The summed E-state index contributed by atoms with van der Waals surface area (Å²) in [5, 5.41) is 12.7. The molecule has 1 N–H and O–H groups in total. The number of fused-ring (bicyclic) bond motifs is 1. The molecule has 0 spiro atoms. The molecule has 156 valence electrons. The molecule has 0 amide bonds. The van der Waals surface area contributed by atoms with Crippen LogP contribution in [0.25, 0.3) is 10.8 Å². The predicted octanol–water partition coefficient (Wildman–Crippen LogP) is 6.06. The molecule has 1 atom stereocenters. The van der Waals surface area contributed by atoms with Crippen LogP contribution in [0.3, 0.4) is 0 Å². The molecule has 0 aliphatic heterocycles. The van der Waals surface area contributed by atoms with Crippen molar-refractivity contribution in [2.24, 2.45) is 0 Å². The number of methoxy groups -OCH3 is 1. The summed E-state index contributed by atoms with van der Waals surface area (Å²) < 4.78 is 10.8. The minimum absolute atomic E-state index is 0.0394.